The molecular formula is C20H19ClN4O. The van der Waals surface area contributed by atoms with Gasteiger partial charge < -0.3 is 4.90 Å². The summed E-state index contributed by atoms with van der Waals surface area (Å²) < 4.78 is 0. The lowest BCUT2D eigenvalue weighted by atomic mass is 10.1. The molecule has 0 radical (unpaired) electrons. The zero-order chi connectivity index (χ0) is 18.1. The summed E-state index contributed by atoms with van der Waals surface area (Å²) in [6, 6.07) is 15.4. The number of likely N-dealkylation sites (N-methyl/N-ethyl adjacent to an activating group) is 1. The van der Waals surface area contributed by atoms with E-state index >= 15 is 0 Å². The maximum absolute atomic E-state index is 12.9. The van der Waals surface area contributed by atoms with E-state index in [9.17, 15) is 4.79 Å². The van der Waals surface area contributed by atoms with Crippen LogP contribution in [0.1, 0.15) is 12.0 Å². The zero-order valence-corrected chi connectivity index (χ0v) is 15.3. The van der Waals surface area contributed by atoms with Crippen LogP contribution in [0.5, 0.6) is 0 Å². The molecule has 1 aromatic heterocycles. The Morgan fingerprint density at radius 2 is 1.65 bits per heavy atom. The van der Waals surface area contributed by atoms with Gasteiger partial charge >= 0.3 is 0 Å². The highest BCUT2D eigenvalue weighted by Crippen LogP contribution is 2.31. The first-order chi connectivity index (χ1) is 12.6. The Hall–Kier alpha value is -2.66. The zero-order valence-electron chi connectivity index (χ0n) is 14.5. The molecule has 0 N–H and O–H groups in total. The SMILES string of the molecule is CN1CCN(C(=O)CCc2ccccc2Cl)c2nc3ccccc3nc21. The molecule has 5 nitrogen and oxygen atoms in total. The van der Waals surface area contributed by atoms with Crippen LogP contribution in [0, 0.1) is 0 Å². The number of rotatable bonds is 3. The van der Waals surface area contributed by atoms with E-state index in [0.717, 1.165) is 29.0 Å². The summed E-state index contributed by atoms with van der Waals surface area (Å²) in [4.78, 5) is 26.1. The third kappa shape index (κ3) is 3.10. The van der Waals surface area contributed by atoms with Gasteiger partial charge in [0, 0.05) is 31.6 Å². The highest BCUT2D eigenvalue weighted by atomic mass is 35.5. The molecule has 0 saturated heterocycles. The molecule has 0 fully saturated rings. The van der Waals surface area contributed by atoms with Crippen molar-refractivity contribution in [3.63, 3.8) is 0 Å². The minimum absolute atomic E-state index is 0.0452. The molecule has 1 aliphatic heterocycles. The van der Waals surface area contributed by atoms with E-state index in [4.69, 9.17) is 21.6 Å². The Kier molecular flexibility index (Phi) is 4.47. The number of amides is 1. The quantitative estimate of drug-likeness (QED) is 0.709. The fraction of sp³-hybridized carbons (Fsp3) is 0.250. The van der Waals surface area contributed by atoms with Gasteiger partial charge in [-0.2, -0.15) is 0 Å². The van der Waals surface area contributed by atoms with Gasteiger partial charge in [0.25, 0.3) is 0 Å². The van der Waals surface area contributed by atoms with E-state index in [2.05, 4.69) is 0 Å². The lowest BCUT2D eigenvalue weighted by Crippen LogP contribution is -2.43. The summed E-state index contributed by atoms with van der Waals surface area (Å²) >= 11 is 6.21. The van der Waals surface area contributed by atoms with Crippen molar-refractivity contribution < 1.29 is 4.79 Å². The van der Waals surface area contributed by atoms with Crippen LogP contribution in [-0.2, 0) is 11.2 Å². The van der Waals surface area contributed by atoms with E-state index in [-0.39, 0.29) is 5.91 Å². The number of benzene rings is 2. The molecule has 1 amide bonds. The van der Waals surface area contributed by atoms with Crippen LogP contribution in [0.3, 0.4) is 0 Å². The monoisotopic (exact) mass is 366 g/mol. The van der Waals surface area contributed by atoms with Gasteiger partial charge in [-0.05, 0) is 30.2 Å². The first kappa shape index (κ1) is 16.8. The normalized spacial score (nSPS) is 13.8. The number of hydrogen-bond donors (Lipinski definition) is 0. The highest BCUT2D eigenvalue weighted by molar-refractivity contribution is 6.31. The average Bonchev–Trinajstić information content (AvgIpc) is 2.66. The number of anilines is 2. The Balaban J connectivity index is 1.61. The largest absolute Gasteiger partial charge is 0.355 e. The molecule has 132 valence electrons. The average molecular weight is 367 g/mol. The molecule has 6 heteroatoms. The van der Waals surface area contributed by atoms with Crippen molar-refractivity contribution in [3.8, 4) is 0 Å². The molecule has 0 saturated carbocycles. The predicted molar refractivity (Wildman–Crippen MR) is 105 cm³/mol. The molecule has 0 aliphatic carbocycles. The number of hydrogen-bond acceptors (Lipinski definition) is 4. The van der Waals surface area contributed by atoms with Crippen LogP contribution in [-0.4, -0.2) is 36.0 Å². The third-order valence-corrected chi connectivity index (χ3v) is 5.05. The lowest BCUT2D eigenvalue weighted by Gasteiger charge is -2.33. The topological polar surface area (TPSA) is 49.3 Å². The summed E-state index contributed by atoms with van der Waals surface area (Å²) in [5, 5.41) is 0.699. The van der Waals surface area contributed by atoms with Gasteiger partial charge in [0.1, 0.15) is 0 Å². The molecule has 0 bridgehead atoms. The molecule has 26 heavy (non-hydrogen) atoms. The Morgan fingerprint density at radius 3 is 2.38 bits per heavy atom. The van der Waals surface area contributed by atoms with Crippen molar-refractivity contribution >= 4 is 40.2 Å². The molecule has 2 heterocycles. The second-order valence-electron chi connectivity index (χ2n) is 6.42. The first-order valence-corrected chi connectivity index (χ1v) is 9.03. The van der Waals surface area contributed by atoms with Crippen molar-refractivity contribution in [3.05, 3.63) is 59.1 Å². The second kappa shape index (κ2) is 6.92. The first-order valence-electron chi connectivity index (χ1n) is 8.65. The lowest BCUT2D eigenvalue weighted by molar-refractivity contribution is -0.118. The van der Waals surface area contributed by atoms with Crippen LogP contribution in [0.2, 0.25) is 5.02 Å². The van der Waals surface area contributed by atoms with Gasteiger partial charge in [0.2, 0.25) is 5.91 Å². The minimum atomic E-state index is 0.0452. The molecule has 4 rings (SSSR count). The van der Waals surface area contributed by atoms with Crippen LogP contribution in [0.15, 0.2) is 48.5 Å². The fourth-order valence-corrected chi connectivity index (χ4v) is 3.43. The second-order valence-corrected chi connectivity index (χ2v) is 6.83. The van der Waals surface area contributed by atoms with Crippen LogP contribution < -0.4 is 9.80 Å². The van der Waals surface area contributed by atoms with Gasteiger partial charge in [0.05, 0.1) is 11.0 Å². The van der Waals surface area contributed by atoms with E-state index in [1.807, 2.05) is 60.5 Å². The van der Waals surface area contributed by atoms with Gasteiger partial charge in [-0.25, -0.2) is 9.97 Å². The van der Waals surface area contributed by atoms with Crippen molar-refractivity contribution in [1.82, 2.24) is 9.97 Å². The number of nitrogens with zero attached hydrogens (tertiary/aromatic N) is 4. The number of halogens is 1. The highest BCUT2D eigenvalue weighted by Gasteiger charge is 2.28. The number of para-hydroxylation sites is 2. The summed E-state index contributed by atoms with van der Waals surface area (Å²) in [5.41, 5.74) is 2.62. The van der Waals surface area contributed by atoms with E-state index in [1.165, 1.54) is 0 Å². The van der Waals surface area contributed by atoms with E-state index < -0.39 is 0 Å². The molecule has 0 unspecified atom stereocenters. The fourth-order valence-electron chi connectivity index (χ4n) is 3.20. The maximum Gasteiger partial charge on any atom is 0.228 e. The van der Waals surface area contributed by atoms with Gasteiger partial charge in [-0.3, -0.25) is 9.69 Å². The molecule has 3 aromatic rings. The van der Waals surface area contributed by atoms with Crippen molar-refractivity contribution in [2.75, 3.05) is 29.9 Å². The van der Waals surface area contributed by atoms with Gasteiger partial charge in [0.15, 0.2) is 11.6 Å². The molecule has 0 spiro atoms. The Bertz CT molecular complexity index is 975. The summed E-state index contributed by atoms with van der Waals surface area (Å²) in [6.45, 7) is 1.34. The van der Waals surface area contributed by atoms with Gasteiger partial charge in [-0.1, -0.05) is 41.9 Å². The summed E-state index contributed by atoms with van der Waals surface area (Å²) in [6.07, 6.45) is 1.00. The number of carbonyl (C=O) groups excluding carboxylic acids is 1. The Labute approximate surface area is 157 Å². The summed E-state index contributed by atoms with van der Waals surface area (Å²) in [5.74, 6) is 1.44. The van der Waals surface area contributed by atoms with Crippen molar-refractivity contribution in [2.24, 2.45) is 0 Å². The van der Waals surface area contributed by atoms with Crippen LogP contribution in [0.25, 0.3) is 11.0 Å². The van der Waals surface area contributed by atoms with Crippen LogP contribution in [0.4, 0.5) is 11.6 Å². The number of aryl methyl sites for hydroxylation is 1. The minimum Gasteiger partial charge on any atom is -0.355 e. The van der Waals surface area contributed by atoms with Crippen molar-refractivity contribution in [2.45, 2.75) is 12.8 Å². The van der Waals surface area contributed by atoms with E-state index in [0.29, 0.717) is 30.2 Å². The molecular weight excluding hydrogens is 348 g/mol. The third-order valence-electron chi connectivity index (χ3n) is 4.68. The summed E-state index contributed by atoms with van der Waals surface area (Å²) in [7, 11) is 1.98. The predicted octanol–water partition coefficient (Wildman–Crippen LogP) is 3.70. The molecule has 0 atom stereocenters. The molecule has 2 aromatic carbocycles. The Morgan fingerprint density at radius 1 is 1.00 bits per heavy atom. The number of aromatic nitrogens is 2. The standard InChI is InChI=1S/C20H19ClN4O/c1-24-12-13-25(18(26)11-10-14-6-2-3-7-15(14)21)20-19(24)22-16-8-4-5-9-17(16)23-20/h2-9H,10-13H2,1H3. The van der Waals surface area contributed by atoms with Crippen LogP contribution >= 0.6 is 11.6 Å². The number of fused-ring (bicyclic) bond motifs is 2. The van der Waals surface area contributed by atoms with E-state index in [1.54, 1.807) is 4.90 Å². The van der Waals surface area contributed by atoms with Crippen molar-refractivity contribution in [1.29, 1.82) is 0 Å². The maximum atomic E-state index is 12.9. The van der Waals surface area contributed by atoms with Gasteiger partial charge in [-0.15, -0.1) is 0 Å². The number of carbonyl (C=O) groups is 1. The molecule has 1 aliphatic rings. The smallest absolute Gasteiger partial charge is 0.228 e.